The van der Waals surface area contributed by atoms with Crippen LogP contribution in [0.4, 0.5) is 18.9 Å². The van der Waals surface area contributed by atoms with Gasteiger partial charge in [0.2, 0.25) is 5.69 Å². The highest BCUT2D eigenvalue weighted by molar-refractivity contribution is 7.86. The van der Waals surface area contributed by atoms with Crippen LogP contribution in [0.1, 0.15) is 58.4 Å². The molecule has 2 aliphatic rings. The van der Waals surface area contributed by atoms with Crippen molar-refractivity contribution in [1.29, 1.82) is 0 Å². The van der Waals surface area contributed by atoms with Crippen LogP contribution in [0.15, 0.2) is 127 Å². The number of fused-ring (bicyclic) bond motifs is 8. The summed E-state index contributed by atoms with van der Waals surface area (Å²) in [5.74, 6) is -1.77. The number of hydrogen-bond acceptors (Lipinski definition) is 12. The van der Waals surface area contributed by atoms with E-state index in [2.05, 4.69) is 38.5 Å². The number of nitrogens with zero attached hydrogens (tertiary/aromatic N) is 3. The molecule has 0 aliphatic carbocycles. The first kappa shape index (κ1) is 51.4. The molecule has 0 spiro atoms. The lowest BCUT2D eigenvalue weighted by Crippen LogP contribution is -2.21. The van der Waals surface area contributed by atoms with Crippen LogP contribution >= 0.6 is 0 Å². The fraction of sp³-hybridized carbons (Fsp3) is 0.127. The lowest BCUT2D eigenvalue weighted by atomic mass is 9.98. The van der Waals surface area contributed by atoms with Crippen molar-refractivity contribution in [3.63, 3.8) is 0 Å². The maximum atomic E-state index is 12.6. The number of aromatic amines is 1. The number of ether oxygens (including phenoxy) is 4. The Morgan fingerprint density at radius 1 is 0.554 bits per heavy atom. The highest BCUT2D eigenvalue weighted by atomic mass is 32.2. The number of halogens is 3. The van der Waals surface area contributed by atoms with Crippen LogP contribution in [0, 0.1) is 0 Å². The van der Waals surface area contributed by atoms with Crippen molar-refractivity contribution in [3.8, 4) is 44.5 Å². The fourth-order valence-corrected chi connectivity index (χ4v) is 8.63. The zero-order valence-corrected chi connectivity index (χ0v) is 41.0. The first-order valence-electron chi connectivity index (χ1n) is 22.2. The molecule has 5 heterocycles. The van der Waals surface area contributed by atoms with Crippen LogP contribution in [0.3, 0.4) is 0 Å². The van der Waals surface area contributed by atoms with Gasteiger partial charge in [0.05, 0.1) is 89.8 Å². The molecule has 3 aromatic heterocycles. The Morgan fingerprint density at radius 3 is 1.28 bits per heavy atom. The molecule has 4 aromatic carbocycles. The SMILES string of the molecule is COC(=O)c1ccc(-c2c3cc(c(-c4ccc(C(=O)OC)cc4)c4ccc([nH]4)c(-c4ccc(C(=O)OC)cc4)c4ccc(c(-c5ccc(C(=O)OC)cc5)c5nc2C=C5)n4C)[N+](C)=C3)cc1.O=S(=O)([O-])C(F)(F)F. The van der Waals surface area contributed by atoms with Crippen molar-refractivity contribution in [3.05, 3.63) is 167 Å². The molecule has 0 unspecified atom stereocenters. The van der Waals surface area contributed by atoms with E-state index < -0.39 is 39.5 Å². The largest absolute Gasteiger partial charge is 0.741 e. The summed E-state index contributed by atoms with van der Waals surface area (Å²) in [6.07, 6.45) is 6.03. The average Bonchev–Trinajstić information content (AvgIpc) is 4.23. The number of carbonyl (C=O) groups excluding carboxylic acids is 4. The van der Waals surface area contributed by atoms with Gasteiger partial charge >= 0.3 is 29.4 Å². The van der Waals surface area contributed by atoms with Gasteiger partial charge in [0.1, 0.15) is 7.05 Å². The van der Waals surface area contributed by atoms with E-state index >= 15 is 0 Å². The first-order valence-corrected chi connectivity index (χ1v) is 23.6. The van der Waals surface area contributed by atoms with E-state index in [0.29, 0.717) is 33.6 Å². The highest BCUT2D eigenvalue weighted by Gasteiger charge is 2.37. The maximum Gasteiger partial charge on any atom is 0.485 e. The predicted octanol–water partition coefficient (Wildman–Crippen LogP) is 10.4. The number of aromatic nitrogens is 3. The molecule has 0 atom stereocenters. The van der Waals surface area contributed by atoms with Gasteiger partial charge in [-0.05, 0) is 107 Å². The Bertz CT molecular complexity index is 3750. The van der Waals surface area contributed by atoms with Gasteiger partial charge in [-0.1, -0.05) is 48.5 Å². The molecule has 0 saturated carbocycles. The molecule has 0 radical (unpaired) electrons. The van der Waals surface area contributed by atoms with Crippen LogP contribution in [0.2, 0.25) is 0 Å². The Labute approximate surface area is 421 Å². The lowest BCUT2D eigenvalue weighted by molar-refractivity contribution is -0.395. The minimum Gasteiger partial charge on any atom is -0.741 e. The average molecular weight is 1030 g/mol. The molecule has 376 valence electrons. The van der Waals surface area contributed by atoms with E-state index in [1.54, 1.807) is 48.5 Å². The Kier molecular flexibility index (Phi) is 14.3. The third kappa shape index (κ3) is 10.1. The maximum absolute atomic E-state index is 12.6. The fourth-order valence-electron chi connectivity index (χ4n) is 8.63. The number of hydrogen-bond donors (Lipinski definition) is 1. The molecule has 9 rings (SSSR count). The number of esters is 4. The van der Waals surface area contributed by atoms with Crippen LogP contribution < -0.4 is 0 Å². The van der Waals surface area contributed by atoms with Gasteiger partial charge in [-0.2, -0.15) is 13.2 Å². The number of benzene rings is 4. The summed E-state index contributed by atoms with van der Waals surface area (Å²) in [6, 6.07) is 39.5. The van der Waals surface area contributed by atoms with Crippen LogP contribution in [0.5, 0.6) is 0 Å². The second kappa shape index (κ2) is 20.7. The normalized spacial score (nSPS) is 12.0. The standard InChI is InChI=1S/C54H42N4O8.CHF3O3S/c1-57-30-39-29-46(57)50(34-13-21-38(22-14-34)54(62)66-6)43-26-25-42(56-43)49(33-11-19-37(20-12-33)53(61)65-5)45-28-27-44(58(45)2)48(32-9-17-36(18-10-32)52(60)64-4)41-24-23-40(55-41)47(39)31-7-15-35(16-8-31)51(59)63-3;2-1(3,4)8(5,6)7/h7-30H,1-6H3;(H,5,6,7). The summed E-state index contributed by atoms with van der Waals surface area (Å²) >= 11 is 0. The third-order valence-electron chi connectivity index (χ3n) is 12.2. The lowest BCUT2D eigenvalue weighted by Gasteiger charge is -2.10. The summed E-state index contributed by atoms with van der Waals surface area (Å²) in [7, 11) is 3.31. The Hall–Kier alpha value is -8.94. The molecule has 15 nitrogen and oxygen atoms in total. The molecule has 8 bridgehead atoms. The van der Waals surface area contributed by atoms with Crippen molar-refractivity contribution in [2.75, 3.05) is 35.5 Å². The summed E-state index contributed by atoms with van der Waals surface area (Å²) in [6.45, 7) is 0. The smallest absolute Gasteiger partial charge is 0.485 e. The number of aryl methyl sites for hydroxylation is 1. The molecule has 0 saturated heterocycles. The van der Waals surface area contributed by atoms with E-state index in [0.717, 1.165) is 77.8 Å². The molecular weight excluding hydrogens is 982 g/mol. The number of methoxy groups -OCH3 is 4. The minimum absolute atomic E-state index is 0.411. The summed E-state index contributed by atoms with van der Waals surface area (Å²) in [5.41, 5.74) is 9.02. The van der Waals surface area contributed by atoms with Gasteiger partial charge in [-0.15, -0.1) is 0 Å². The van der Waals surface area contributed by atoms with E-state index in [9.17, 15) is 32.3 Å². The van der Waals surface area contributed by atoms with Crippen molar-refractivity contribution in [2.24, 2.45) is 7.05 Å². The zero-order valence-electron chi connectivity index (χ0n) is 40.2. The summed E-state index contributed by atoms with van der Waals surface area (Å²) < 4.78 is 83.2. The zero-order chi connectivity index (χ0) is 53.2. The number of H-pyrrole nitrogens is 1. The monoisotopic (exact) mass is 1020 g/mol. The van der Waals surface area contributed by atoms with Crippen LogP contribution in [-0.4, -0.2) is 103 Å². The number of carbonyl (C=O) groups is 4. The van der Waals surface area contributed by atoms with Crippen LogP contribution in [0.25, 0.3) is 78.7 Å². The van der Waals surface area contributed by atoms with Crippen molar-refractivity contribution in [1.82, 2.24) is 14.5 Å². The van der Waals surface area contributed by atoms with Crippen molar-refractivity contribution < 1.29 is 68.8 Å². The predicted molar refractivity (Wildman–Crippen MR) is 271 cm³/mol. The van der Waals surface area contributed by atoms with E-state index in [4.69, 9.17) is 36.9 Å². The quantitative estimate of drug-likeness (QED) is 0.0497. The topological polar surface area (TPSA) is 199 Å². The molecule has 0 fully saturated rings. The number of nitrogens with one attached hydrogen (secondary N) is 1. The van der Waals surface area contributed by atoms with Gasteiger partial charge in [-0.3, -0.25) is 0 Å². The summed E-state index contributed by atoms with van der Waals surface area (Å²) in [4.78, 5) is 59.4. The Morgan fingerprint density at radius 2 is 0.892 bits per heavy atom. The van der Waals surface area contributed by atoms with E-state index in [1.807, 2.05) is 86.9 Å². The van der Waals surface area contributed by atoms with Gasteiger partial charge in [0.25, 0.3) is 0 Å². The number of alkyl halides is 3. The Balaban J connectivity index is 0.000000842. The number of rotatable bonds is 8. The molecule has 74 heavy (non-hydrogen) atoms. The molecule has 1 N–H and O–H groups in total. The van der Waals surface area contributed by atoms with Crippen LogP contribution in [-0.2, 0) is 36.1 Å². The summed E-state index contributed by atoms with van der Waals surface area (Å²) in [5, 5.41) is 0. The van der Waals surface area contributed by atoms with Gasteiger partial charge in [-0.25, -0.2) is 37.2 Å². The van der Waals surface area contributed by atoms with E-state index in [-0.39, 0.29) is 0 Å². The minimum atomic E-state index is -6.09. The van der Waals surface area contributed by atoms with Gasteiger partial charge in [0, 0.05) is 35.3 Å². The molecule has 0 amide bonds. The van der Waals surface area contributed by atoms with Crippen molar-refractivity contribution >= 4 is 80.1 Å². The molecular formula is C55H43F3N4O11S. The van der Waals surface area contributed by atoms with Gasteiger partial charge in [0.15, 0.2) is 16.3 Å². The second-order valence-electron chi connectivity index (χ2n) is 16.6. The third-order valence-corrected chi connectivity index (χ3v) is 12.8. The van der Waals surface area contributed by atoms with Crippen molar-refractivity contribution in [2.45, 2.75) is 5.51 Å². The van der Waals surface area contributed by atoms with Gasteiger partial charge < -0.3 is 33.1 Å². The first-order chi connectivity index (χ1) is 35.3. The molecule has 2 aliphatic heterocycles. The highest BCUT2D eigenvalue weighted by Crippen LogP contribution is 2.41. The molecule has 7 aromatic rings. The van der Waals surface area contributed by atoms with E-state index in [1.165, 1.54) is 28.4 Å². The second-order valence-corrected chi connectivity index (χ2v) is 17.9. The molecule has 19 heteroatoms.